The van der Waals surface area contributed by atoms with Gasteiger partial charge in [-0.3, -0.25) is 4.79 Å². The standard InChI is InChI=1S/C20H22N6O2/c1-24-10-12-25(13-11-24)20(27)18-22-19(15-8-9-17(28-2)21-14-15)26(23-18)16-6-4-3-5-7-16/h3-9,14H,10-13H2,1-2H3. The van der Waals surface area contributed by atoms with Crippen molar-refractivity contribution >= 4 is 5.91 Å². The topological polar surface area (TPSA) is 76.4 Å². The van der Waals surface area contributed by atoms with E-state index < -0.39 is 0 Å². The van der Waals surface area contributed by atoms with Gasteiger partial charge in [-0.15, -0.1) is 5.10 Å². The van der Waals surface area contributed by atoms with Crippen LogP contribution in [0.4, 0.5) is 0 Å². The normalized spacial score (nSPS) is 14.9. The number of likely N-dealkylation sites (N-methyl/N-ethyl adjacent to an activating group) is 1. The lowest BCUT2D eigenvalue weighted by Crippen LogP contribution is -2.47. The molecule has 1 aromatic carbocycles. The number of amides is 1. The summed E-state index contributed by atoms with van der Waals surface area (Å²) in [6.45, 7) is 3.05. The van der Waals surface area contributed by atoms with Crippen LogP contribution in [0, 0.1) is 0 Å². The molecule has 0 N–H and O–H groups in total. The van der Waals surface area contributed by atoms with Crippen molar-refractivity contribution in [1.82, 2.24) is 29.5 Å². The van der Waals surface area contributed by atoms with Crippen molar-refractivity contribution < 1.29 is 9.53 Å². The van der Waals surface area contributed by atoms with Crippen LogP contribution in [0.25, 0.3) is 17.1 Å². The summed E-state index contributed by atoms with van der Waals surface area (Å²) < 4.78 is 6.82. The Hall–Kier alpha value is -3.26. The molecule has 1 aliphatic heterocycles. The monoisotopic (exact) mass is 378 g/mol. The minimum absolute atomic E-state index is 0.148. The summed E-state index contributed by atoms with van der Waals surface area (Å²) in [4.78, 5) is 25.8. The Bertz CT molecular complexity index is 947. The molecule has 0 aliphatic carbocycles. The number of piperazine rings is 1. The van der Waals surface area contributed by atoms with Gasteiger partial charge in [-0.05, 0) is 25.2 Å². The summed E-state index contributed by atoms with van der Waals surface area (Å²) >= 11 is 0. The molecule has 4 rings (SSSR count). The summed E-state index contributed by atoms with van der Waals surface area (Å²) in [6.07, 6.45) is 1.67. The first-order chi connectivity index (χ1) is 13.7. The Labute approximate surface area is 163 Å². The van der Waals surface area contributed by atoms with Crippen LogP contribution in [-0.2, 0) is 0 Å². The van der Waals surface area contributed by atoms with E-state index in [9.17, 15) is 4.79 Å². The lowest BCUT2D eigenvalue weighted by atomic mass is 10.2. The van der Waals surface area contributed by atoms with E-state index in [-0.39, 0.29) is 11.7 Å². The molecule has 8 nitrogen and oxygen atoms in total. The second-order valence-corrected chi connectivity index (χ2v) is 6.69. The highest BCUT2D eigenvalue weighted by Gasteiger charge is 2.25. The molecule has 1 saturated heterocycles. The van der Waals surface area contributed by atoms with E-state index in [0.29, 0.717) is 24.8 Å². The van der Waals surface area contributed by atoms with Crippen molar-refractivity contribution in [1.29, 1.82) is 0 Å². The molecule has 0 unspecified atom stereocenters. The molecule has 2 aromatic heterocycles. The predicted octanol–water partition coefficient (Wildman–Crippen LogP) is 1.73. The summed E-state index contributed by atoms with van der Waals surface area (Å²) in [5.74, 6) is 1.13. The van der Waals surface area contributed by atoms with E-state index >= 15 is 0 Å². The molecule has 0 bridgehead atoms. The van der Waals surface area contributed by atoms with Crippen molar-refractivity contribution in [2.75, 3.05) is 40.3 Å². The molecule has 3 aromatic rings. The van der Waals surface area contributed by atoms with Gasteiger partial charge in [0.25, 0.3) is 5.91 Å². The maximum absolute atomic E-state index is 13.0. The van der Waals surface area contributed by atoms with Gasteiger partial charge >= 0.3 is 0 Å². The number of nitrogens with zero attached hydrogens (tertiary/aromatic N) is 6. The molecule has 8 heteroatoms. The summed E-state index contributed by atoms with van der Waals surface area (Å²) in [5, 5.41) is 4.54. The fraction of sp³-hybridized carbons (Fsp3) is 0.300. The van der Waals surface area contributed by atoms with E-state index in [0.717, 1.165) is 24.3 Å². The zero-order valence-electron chi connectivity index (χ0n) is 15.9. The van der Waals surface area contributed by atoms with Crippen LogP contribution in [0.2, 0.25) is 0 Å². The van der Waals surface area contributed by atoms with E-state index in [1.807, 2.05) is 36.4 Å². The Balaban J connectivity index is 1.72. The van der Waals surface area contributed by atoms with Crippen molar-refractivity contribution in [2.45, 2.75) is 0 Å². The second kappa shape index (κ2) is 7.77. The summed E-state index contributed by atoms with van der Waals surface area (Å²) in [5.41, 5.74) is 1.59. The number of carbonyl (C=O) groups excluding carboxylic acids is 1. The van der Waals surface area contributed by atoms with Gasteiger partial charge in [-0.1, -0.05) is 18.2 Å². The van der Waals surface area contributed by atoms with Crippen LogP contribution in [-0.4, -0.2) is 75.8 Å². The fourth-order valence-electron chi connectivity index (χ4n) is 3.12. The molecule has 1 fully saturated rings. The zero-order valence-corrected chi connectivity index (χ0v) is 15.9. The van der Waals surface area contributed by atoms with Gasteiger partial charge in [0, 0.05) is 44.0 Å². The van der Waals surface area contributed by atoms with Gasteiger partial charge in [0.2, 0.25) is 11.7 Å². The van der Waals surface area contributed by atoms with Gasteiger partial charge < -0.3 is 14.5 Å². The molecule has 3 heterocycles. The van der Waals surface area contributed by atoms with Gasteiger partial charge in [0.1, 0.15) is 0 Å². The Morgan fingerprint density at radius 1 is 1.04 bits per heavy atom. The average molecular weight is 378 g/mol. The Morgan fingerprint density at radius 3 is 2.43 bits per heavy atom. The molecule has 28 heavy (non-hydrogen) atoms. The Kier molecular flexibility index (Phi) is 5.03. The molecule has 0 spiro atoms. The number of hydrogen-bond acceptors (Lipinski definition) is 6. The highest BCUT2D eigenvalue weighted by Crippen LogP contribution is 2.22. The van der Waals surface area contributed by atoms with Crippen LogP contribution in [0.3, 0.4) is 0 Å². The number of hydrogen-bond donors (Lipinski definition) is 0. The molecular formula is C20H22N6O2. The highest BCUT2D eigenvalue weighted by atomic mass is 16.5. The van der Waals surface area contributed by atoms with E-state index in [1.165, 1.54) is 0 Å². The average Bonchev–Trinajstić information content (AvgIpc) is 3.20. The zero-order chi connectivity index (χ0) is 19.5. The number of rotatable bonds is 4. The van der Waals surface area contributed by atoms with Crippen molar-refractivity contribution in [2.24, 2.45) is 0 Å². The number of carbonyl (C=O) groups is 1. The number of ether oxygens (including phenoxy) is 1. The third-order valence-electron chi connectivity index (χ3n) is 4.79. The first kappa shape index (κ1) is 18.1. The first-order valence-corrected chi connectivity index (χ1v) is 9.16. The largest absolute Gasteiger partial charge is 0.481 e. The molecule has 144 valence electrons. The van der Waals surface area contributed by atoms with Crippen molar-refractivity contribution in [3.05, 3.63) is 54.5 Å². The van der Waals surface area contributed by atoms with Crippen molar-refractivity contribution in [3.63, 3.8) is 0 Å². The van der Waals surface area contributed by atoms with Crippen LogP contribution >= 0.6 is 0 Å². The number of methoxy groups -OCH3 is 1. The number of benzene rings is 1. The number of para-hydroxylation sites is 1. The molecular weight excluding hydrogens is 356 g/mol. The SMILES string of the molecule is COc1ccc(-c2nc(C(=O)N3CCN(C)CC3)nn2-c2ccccc2)cn1. The van der Waals surface area contributed by atoms with Crippen molar-refractivity contribution in [3.8, 4) is 23.0 Å². The minimum atomic E-state index is -0.148. The lowest BCUT2D eigenvalue weighted by molar-refractivity contribution is 0.0652. The quantitative estimate of drug-likeness (QED) is 0.688. The van der Waals surface area contributed by atoms with E-state index in [4.69, 9.17) is 4.74 Å². The maximum atomic E-state index is 13.0. The lowest BCUT2D eigenvalue weighted by Gasteiger charge is -2.31. The van der Waals surface area contributed by atoms with E-state index in [1.54, 1.807) is 29.0 Å². The number of aromatic nitrogens is 4. The smallest absolute Gasteiger partial charge is 0.293 e. The van der Waals surface area contributed by atoms with Gasteiger partial charge in [0.05, 0.1) is 12.8 Å². The van der Waals surface area contributed by atoms with Gasteiger partial charge in [-0.2, -0.15) is 0 Å². The number of pyridine rings is 1. The third-order valence-corrected chi connectivity index (χ3v) is 4.79. The second-order valence-electron chi connectivity index (χ2n) is 6.69. The van der Waals surface area contributed by atoms with Crippen LogP contribution in [0.5, 0.6) is 5.88 Å². The molecule has 0 saturated carbocycles. The van der Waals surface area contributed by atoms with Crippen LogP contribution in [0.15, 0.2) is 48.7 Å². The fourth-order valence-corrected chi connectivity index (χ4v) is 3.12. The third kappa shape index (κ3) is 3.59. The molecule has 0 radical (unpaired) electrons. The van der Waals surface area contributed by atoms with Crippen LogP contribution < -0.4 is 4.74 Å². The van der Waals surface area contributed by atoms with Gasteiger partial charge in [0.15, 0.2) is 5.82 Å². The van der Waals surface area contributed by atoms with Crippen LogP contribution in [0.1, 0.15) is 10.6 Å². The Morgan fingerprint density at radius 2 is 1.79 bits per heavy atom. The molecule has 0 atom stereocenters. The highest BCUT2D eigenvalue weighted by molar-refractivity contribution is 5.91. The van der Waals surface area contributed by atoms with E-state index in [2.05, 4.69) is 27.0 Å². The molecule has 1 aliphatic rings. The first-order valence-electron chi connectivity index (χ1n) is 9.16. The molecule has 1 amide bonds. The minimum Gasteiger partial charge on any atom is -0.481 e. The van der Waals surface area contributed by atoms with Gasteiger partial charge in [-0.25, -0.2) is 14.6 Å². The summed E-state index contributed by atoms with van der Waals surface area (Å²) in [7, 11) is 3.63. The summed E-state index contributed by atoms with van der Waals surface area (Å²) in [6, 6.07) is 13.3. The predicted molar refractivity (Wildman–Crippen MR) is 105 cm³/mol. The maximum Gasteiger partial charge on any atom is 0.293 e.